The maximum Gasteiger partial charge on any atom is 0.320 e. The van der Waals surface area contributed by atoms with Crippen LogP contribution in [0.15, 0.2) is 78.9 Å². The number of aromatic nitrogens is 3. The largest absolute Gasteiger partial charge is 0.458 e. The molecule has 0 unspecified atom stereocenters. The lowest BCUT2D eigenvalue weighted by molar-refractivity contribution is 0.278. The van der Waals surface area contributed by atoms with Crippen LogP contribution in [0.1, 0.15) is 11.3 Å². The number of para-hydroxylation sites is 1. The lowest BCUT2D eigenvalue weighted by Gasteiger charge is -2.11. The van der Waals surface area contributed by atoms with E-state index in [9.17, 15) is 0 Å². The van der Waals surface area contributed by atoms with Crippen molar-refractivity contribution in [2.75, 3.05) is 0 Å². The fraction of sp³-hybridized carbons (Fsp3) is 0.0833. The number of ether oxygens (including phenoxy) is 2. The van der Waals surface area contributed by atoms with E-state index in [4.69, 9.17) is 9.47 Å². The maximum absolute atomic E-state index is 6.16. The molecule has 0 aliphatic heterocycles. The first-order valence-corrected chi connectivity index (χ1v) is 9.45. The van der Waals surface area contributed by atoms with Crippen molar-refractivity contribution in [3.05, 3.63) is 90.1 Å². The van der Waals surface area contributed by atoms with E-state index in [-0.39, 0.29) is 0 Å². The van der Waals surface area contributed by atoms with Crippen LogP contribution in [-0.2, 0) is 6.61 Å². The van der Waals surface area contributed by atoms with E-state index in [2.05, 4.69) is 21.0 Å². The monoisotopic (exact) mass is 381 g/mol. The van der Waals surface area contributed by atoms with Gasteiger partial charge in [-0.05, 0) is 48.9 Å². The SMILES string of the molecule is Cc1cc2cc(Oc3nc(OCc4ccccc4)nc4ccccc34)ccc2[nH]1. The first kappa shape index (κ1) is 17.3. The van der Waals surface area contributed by atoms with Crippen LogP contribution in [0.25, 0.3) is 21.8 Å². The molecular weight excluding hydrogens is 362 g/mol. The fourth-order valence-corrected chi connectivity index (χ4v) is 3.32. The van der Waals surface area contributed by atoms with Gasteiger partial charge in [0.05, 0.1) is 10.9 Å². The average Bonchev–Trinajstić information content (AvgIpc) is 3.12. The van der Waals surface area contributed by atoms with Crippen LogP contribution in [0.3, 0.4) is 0 Å². The number of aromatic amines is 1. The zero-order valence-electron chi connectivity index (χ0n) is 15.9. The number of nitrogens with zero attached hydrogens (tertiary/aromatic N) is 2. The quantitative estimate of drug-likeness (QED) is 0.418. The summed E-state index contributed by atoms with van der Waals surface area (Å²) in [7, 11) is 0. The molecule has 0 spiro atoms. The van der Waals surface area contributed by atoms with Crippen LogP contribution in [0, 0.1) is 6.92 Å². The van der Waals surface area contributed by atoms with Gasteiger partial charge in [-0.25, -0.2) is 0 Å². The topological polar surface area (TPSA) is 60.0 Å². The highest BCUT2D eigenvalue weighted by Crippen LogP contribution is 2.31. The van der Waals surface area contributed by atoms with Gasteiger partial charge in [0, 0.05) is 16.6 Å². The molecule has 0 saturated carbocycles. The Balaban J connectivity index is 1.49. The Kier molecular flexibility index (Phi) is 4.33. The van der Waals surface area contributed by atoms with Gasteiger partial charge in [-0.1, -0.05) is 42.5 Å². The molecule has 0 saturated heterocycles. The Morgan fingerprint density at radius 2 is 1.69 bits per heavy atom. The van der Waals surface area contributed by atoms with Gasteiger partial charge in [0.2, 0.25) is 5.88 Å². The van der Waals surface area contributed by atoms with Crippen molar-refractivity contribution in [2.45, 2.75) is 13.5 Å². The maximum atomic E-state index is 6.16. The minimum absolute atomic E-state index is 0.293. The summed E-state index contributed by atoms with van der Waals surface area (Å²) in [5.74, 6) is 1.19. The van der Waals surface area contributed by atoms with E-state index in [0.29, 0.717) is 18.5 Å². The van der Waals surface area contributed by atoms with E-state index in [1.54, 1.807) is 0 Å². The summed E-state index contributed by atoms with van der Waals surface area (Å²) in [4.78, 5) is 12.4. The number of fused-ring (bicyclic) bond motifs is 2. The number of nitrogens with one attached hydrogen (secondary N) is 1. The minimum atomic E-state index is 0.293. The Morgan fingerprint density at radius 1 is 0.862 bits per heavy atom. The van der Waals surface area contributed by atoms with Crippen LogP contribution >= 0.6 is 0 Å². The summed E-state index contributed by atoms with van der Waals surface area (Å²) in [6.07, 6.45) is 0. The Bertz CT molecular complexity index is 1300. The van der Waals surface area contributed by atoms with E-state index in [0.717, 1.165) is 38.8 Å². The predicted octanol–water partition coefficient (Wildman–Crippen LogP) is 5.79. The van der Waals surface area contributed by atoms with Crippen molar-refractivity contribution in [3.63, 3.8) is 0 Å². The molecule has 29 heavy (non-hydrogen) atoms. The third-order valence-corrected chi connectivity index (χ3v) is 4.70. The molecule has 5 rings (SSSR count). The van der Waals surface area contributed by atoms with Gasteiger partial charge in [0.25, 0.3) is 0 Å². The van der Waals surface area contributed by atoms with Crippen molar-refractivity contribution in [1.82, 2.24) is 15.0 Å². The second-order valence-electron chi connectivity index (χ2n) is 6.91. The number of H-pyrrole nitrogens is 1. The molecule has 0 aliphatic carbocycles. The van der Waals surface area contributed by atoms with Gasteiger partial charge in [0.1, 0.15) is 12.4 Å². The second kappa shape index (κ2) is 7.28. The Labute approximate surface area is 168 Å². The highest BCUT2D eigenvalue weighted by atomic mass is 16.5. The van der Waals surface area contributed by atoms with E-state index in [1.165, 1.54) is 0 Å². The van der Waals surface area contributed by atoms with Gasteiger partial charge < -0.3 is 14.5 Å². The zero-order chi connectivity index (χ0) is 19.6. The van der Waals surface area contributed by atoms with E-state index >= 15 is 0 Å². The van der Waals surface area contributed by atoms with Crippen molar-refractivity contribution >= 4 is 21.8 Å². The Morgan fingerprint density at radius 3 is 2.59 bits per heavy atom. The molecule has 1 N–H and O–H groups in total. The molecule has 0 aliphatic rings. The zero-order valence-corrected chi connectivity index (χ0v) is 15.9. The molecule has 2 heterocycles. The lowest BCUT2D eigenvalue weighted by atomic mass is 10.2. The van der Waals surface area contributed by atoms with Gasteiger partial charge in [-0.15, -0.1) is 0 Å². The van der Waals surface area contributed by atoms with Crippen molar-refractivity contribution in [3.8, 4) is 17.6 Å². The molecule has 0 bridgehead atoms. The standard InChI is InChI=1S/C24H19N3O2/c1-16-13-18-14-19(11-12-21(18)25-16)29-23-20-9-5-6-10-22(20)26-24(27-23)28-15-17-7-3-2-4-8-17/h2-14,25H,15H2,1H3. The third kappa shape index (κ3) is 3.62. The molecule has 5 nitrogen and oxygen atoms in total. The smallest absolute Gasteiger partial charge is 0.320 e. The first-order chi connectivity index (χ1) is 14.2. The molecule has 5 heteroatoms. The number of hydrogen-bond donors (Lipinski definition) is 1. The minimum Gasteiger partial charge on any atom is -0.458 e. The number of benzene rings is 3. The van der Waals surface area contributed by atoms with Gasteiger partial charge >= 0.3 is 6.01 Å². The molecule has 0 fully saturated rings. The van der Waals surface area contributed by atoms with Gasteiger partial charge in [0.15, 0.2) is 0 Å². The van der Waals surface area contributed by atoms with E-state index < -0.39 is 0 Å². The molecule has 5 aromatic rings. The molecule has 0 atom stereocenters. The van der Waals surface area contributed by atoms with Crippen LogP contribution in [0.4, 0.5) is 0 Å². The highest BCUT2D eigenvalue weighted by molar-refractivity contribution is 5.85. The summed E-state index contributed by atoms with van der Waals surface area (Å²) < 4.78 is 12.0. The molecular formula is C24H19N3O2. The second-order valence-corrected chi connectivity index (χ2v) is 6.91. The summed E-state index contributed by atoms with van der Waals surface area (Å²) >= 11 is 0. The fourth-order valence-electron chi connectivity index (χ4n) is 3.32. The van der Waals surface area contributed by atoms with Crippen LogP contribution in [-0.4, -0.2) is 15.0 Å². The van der Waals surface area contributed by atoms with Crippen molar-refractivity contribution in [1.29, 1.82) is 0 Å². The number of aryl methyl sites for hydroxylation is 1. The summed E-state index contributed by atoms with van der Waals surface area (Å²) in [5.41, 5.74) is 4.02. The average molecular weight is 381 g/mol. The highest BCUT2D eigenvalue weighted by Gasteiger charge is 2.11. The first-order valence-electron chi connectivity index (χ1n) is 9.45. The molecule has 3 aromatic carbocycles. The normalized spacial score (nSPS) is 11.1. The molecule has 0 amide bonds. The Hall–Kier alpha value is -3.86. The molecule has 142 valence electrons. The predicted molar refractivity (Wildman–Crippen MR) is 113 cm³/mol. The molecule has 0 radical (unpaired) electrons. The summed E-state index contributed by atoms with van der Waals surface area (Å²) in [6.45, 7) is 2.43. The van der Waals surface area contributed by atoms with Gasteiger partial charge in [-0.3, -0.25) is 0 Å². The molecule has 2 aromatic heterocycles. The lowest BCUT2D eigenvalue weighted by Crippen LogP contribution is -2.01. The summed E-state index contributed by atoms with van der Waals surface area (Å²) in [5, 5.41) is 1.93. The number of rotatable bonds is 5. The third-order valence-electron chi connectivity index (χ3n) is 4.70. The van der Waals surface area contributed by atoms with Crippen molar-refractivity contribution in [2.24, 2.45) is 0 Å². The number of hydrogen-bond acceptors (Lipinski definition) is 4. The van der Waals surface area contributed by atoms with Crippen molar-refractivity contribution < 1.29 is 9.47 Å². The summed E-state index contributed by atoms with van der Waals surface area (Å²) in [6, 6.07) is 26.0. The van der Waals surface area contributed by atoms with Gasteiger partial charge in [-0.2, -0.15) is 9.97 Å². The van der Waals surface area contributed by atoms with Crippen LogP contribution in [0.2, 0.25) is 0 Å². The van der Waals surface area contributed by atoms with E-state index in [1.807, 2.05) is 79.7 Å². The van der Waals surface area contributed by atoms with Crippen LogP contribution in [0.5, 0.6) is 17.6 Å². The van der Waals surface area contributed by atoms with Crippen LogP contribution < -0.4 is 9.47 Å².